The standard InChI is InChI=1S/C26H24N4O4S/c31-26(28-16-21-10-4-5-11-22(21)29-15-14-27-19-29)25-17-30(23-12-6-7-13-24(23)34-25)35(32,33)18-20-8-2-1-3-9-20/h1-15,19,25H,16-18H2,(H,28,31). The van der Waals surface area contributed by atoms with Crippen molar-refractivity contribution in [3.63, 3.8) is 0 Å². The minimum atomic E-state index is -3.76. The highest BCUT2D eigenvalue weighted by Gasteiger charge is 2.36. The second kappa shape index (κ2) is 9.63. The van der Waals surface area contributed by atoms with Gasteiger partial charge in [-0.2, -0.15) is 0 Å². The fourth-order valence-electron chi connectivity index (χ4n) is 4.07. The van der Waals surface area contributed by atoms with E-state index in [2.05, 4.69) is 10.3 Å². The van der Waals surface area contributed by atoms with Crippen LogP contribution in [0.15, 0.2) is 97.6 Å². The number of hydrogen-bond acceptors (Lipinski definition) is 5. The van der Waals surface area contributed by atoms with Gasteiger partial charge in [0.25, 0.3) is 5.91 Å². The molecule has 35 heavy (non-hydrogen) atoms. The normalized spacial score (nSPS) is 15.2. The zero-order valence-corrected chi connectivity index (χ0v) is 19.6. The van der Waals surface area contributed by atoms with Crippen LogP contribution in [0.25, 0.3) is 5.69 Å². The van der Waals surface area contributed by atoms with Crippen LogP contribution in [0.5, 0.6) is 5.75 Å². The van der Waals surface area contributed by atoms with Gasteiger partial charge >= 0.3 is 0 Å². The molecule has 0 radical (unpaired) electrons. The summed E-state index contributed by atoms with van der Waals surface area (Å²) in [5, 5.41) is 2.90. The number of carbonyl (C=O) groups excluding carboxylic acids is 1. The first-order valence-corrected chi connectivity index (χ1v) is 12.8. The van der Waals surface area contributed by atoms with E-state index in [9.17, 15) is 13.2 Å². The number of ether oxygens (including phenoxy) is 1. The van der Waals surface area contributed by atoms with Gasteiger partial charge in [0.2, 0.25) is 10.0 Å². The minimum absolute atomic E-state index is 0.110. The number of rotatable bonds is 7. The Morgan fingerprint density at radius 1 is 0.971 bits per heavy atom. The van der Waals surface area contributed by atoms with Crippen LogP contribution in [0.1, 0.15) is 11.1 Å². The summed E-state index contributed by atoms with van der Waals surface area (Å²) in [5.41, 5.74) is 2.89. The lowest BCUT2D eigenvalue weighted by atomic mass is 10.1. The predicted molar refractivity (Wildman–Crippen MR) is 133 cm³/mol. The molecule has 8 nitrogen and oxygen atoms in total. The van der Waals surface area contributed by atoms with E-state index in [1.165, 1.54) is 4.31 Å². The van der Waals surface area contributed by atoms with E-state index in [4.69, 9.17) is 4.74 Å². The first-order valence-electron chi connectivity index (χ1n) is 11.2. The van der Waals surface area contributed by atoms with Gasteiger partial charge in [-0.25, -0.2) is 13.4 Å². The second-order valence-electron chi connectivity index (χ2n) is 8.16. The van der Waals surface area contributed by atoms with Gasteiger partial charge in [0.1, 0.15) is 5.75 Å². The lowest BCUT2D eigenvalue weighted by Crippen LogP contribution is -2.50. The summed E-state index contributed by atoms with van der Waals surface area (Å²) >= 11 is 0. The number of aromatic nitrogens is 2. The van der Waals surface area contributed by atoms with Gasteiger partial charge < -0.3 is 14.6 Å². The third kappa shape index (κ3) is 4.90. The van der Waals surface area contributed by atoms with E-state index in [1.54, 1.807) is 61.1 Å². The number of imidazole rings is 1. The molecule has 0 fully saturated rings. The Morgan fingerprint density at radius 3 is 2.46 bits per heavy atom. The molecule has 1 N–H and O–H groups in total. The van der Waals surface area contributed by atoms with Crippen molar-refractivity contribution in [1.29, 1.82) is 0 Å². The number of amides is 1. The Hall–Kier alpha value is -4.11. The molecule has 178 valence electrons. The summed E-state index contributed by atoms with van der Waals surface area (Å²) in [6.45, 7) is 0.145. The van der Waals surface area contributed by atoms with E-state index in [1.807, 2.05) is 41.1 Å². The molecule has 1 aliphatic rings. The van der Waals surface area contributed by atoms with E-state index in [0.717, 1.165) is 11.3 Å². The fraction of sp³-hybridized carbons (Fsp3) is 0.154. The fourth-order valence-corrected chi connectivity index (χ4v) is 5.66. The molecule has 5 rings (SSSR count). The second-order valence-corrected chi connectivity index (χ2v) is 10.1. The van der Waals surface area contributed by atoms with E-state index < -0.39 is 16.1 Å². The number of benzene rings is 3. The largest absolute Gasteiger partial charge is 0.476 e. The Labute approximate surface area is 203 Å². The van der Waals surface area contributed by atoms with Crippen molar-refractivity contribution in [2.45, 2.75) is 18.4 Å². The smallest absolute Gasteiger partial charge is 0.263 e. The van der Waals surface area contributed by atoms with Gasteiger partial charge in [0.05, 0.1) is 30.0 Å². The van der Waals surface area contributed by atoms with Crippen LogP contribution >= 0.6 is 0 Å². The number of para-hydroxylation sites is 3. The molecule has 0 saturated heterocycles. The number of nitrogens with one attached hydrogen (secondary N) is 1. The van der Waals surface area contributed by atoms with Gasteiger partial charge in [0, 0.05) is 18.9 Å². The molecule has 1 amide bonds. The maximum Gasteiger partial charge on any atom is 0.263 e. The summed E-state index contributed by atoms with van der Waals surface area (Å²) in [6, 6.07) is 23.5. The average molecular weight is 489 g/mol. The number of carbonyl (C=O) groups is 1. The molecule has 2 heterocycles. The number of sulfonamides is 1. The van der Waals surface area contributed by atoms with Crippen molar-refractivity contribution in [3.05, 3.63) is 109 Å². The quantitative estimate of drug-likeness (QED) is 0.431. The van der Waals surface area contributed by atoms with Crippen molar-refractivity contribution in [2.24, 2.45) is 0 Å². The predicted octanol–water partition coefficient (Wildman–Crippen LogP) is 3.29. The summed E-state index contributed by atoms with van der Waals surface area (Å²) in [5.74, 6) is -0.205. The van der Waals surface area contributed by atoms with Crippen LogP contribution in [0, 0.1) is 0 Å². The average Bonchev–Trinajstić information content (AvgIpc) is 3.42. The molecule has 3 aromatic carbocycles. The van der Waals surface area contributed by atoms with Crippen LogP contribution in [0.2, 0.25) is 0 Å². The number of nitrogens with zero attached hydrogens (tertiary/aromatic N) is 3. The van der Waals surface area contributed by atoms with E-state index >= 15 is 0 Å². The molecule has 9 heteroatoms. The molecule has 4 aromatic rings. The first kappa shape index (κ1) is 22.7. The molecule has 1 unspecified atom stereocenters. The van der Waals surface area contributed by atoms with Gasteiger partial charge in [-0.3, -0.25) is 9.10 Å². The van der Waals surface area contributed by atoms with Crippen LogP contribution in [-0.4, -0.2) is 36.5 Å². The monoisotopic (exact) mass is 488 g/mol. The Kier molecular flexibility index (Phi) is 6.24. The Morgan fingerprint density at radius 2 is 1.69 bits per heavy atom. The third-order valence-electron chi connectivity index (χ3n) is 5.78. The molecule has 1 aromatic heterocycles. The highest BCUT2D eigenvalue weighted by atomic mass is 32.2. The summed E-state index contributed by atoms with van der Waals surface area (Å²) < 4.78 is 35.8. The molecule has 0 spiro atoms. The van der Waals surface area contributed by atoms with Crippen LogP contribution < -0.4 is 14.4 Å². The van der Waals surface area contributed by atoms with Crippen molar-refractivity contribution in [2.75, 3.05) is 10.8 Å². The number of hydrogen-bond donors (Lipinski definition) is 1. The van der Waals surface area contributed by atoms with Crippen molar-refractivity contribution >= 4 is 21.6 Å². The molecule has 0 bridgehead atoms. The van der Waals surface area contributed by atoms with Crippen LogP contribution in [0.3, 0.4) is 0 Å². The molecule has 1 aliphatic heterocycles. The zero-order chi connectivity index (χ0) is 24.3. The van der Waals surface area contributed by atoms with Crippen molar-refractivity contribution in [1.82, 2.24) is 14.9 Å². The lowest BCUT2D eigenvalue weighted by Gasteiger charge is -2.34. The Balaban J connectivity index is 1.35. The summed E-state index contributed by atoms with van der Waals surface area (Å²) in [4.78, 5) is 17.2. The van der Waals surface area contributed by atoms with Gasteiger partial charge in [0.15, 0.2) is 6.10 Å². The topological polar surface area (TPSA) is 93.5 Å². The highest BCUT2D eigenvalue weighted by Crippen LogP contribution is 2.35. The SMILES string of the molecule is O=C(NCc1ccccc1-n1ccnc1)C1CN(S(=O)(=O)Cc2ccccc2)c2ccccc2O1. The van der Waals surface area contributed by atoms with E-state index in [-0.39, 0.29) is 24.7 Å². The lowest BCUT2D eigenvalue weighted by molar-refractivity contribution is -0.127. The molecule has 1 atom stereocenters. The number of anilines is 1. The number of fused-ring (bicyclic) bond motifs is 1. The molecule has 0 saturated carbocycles. The van der Waals surface area contributed by atoms with Gasteiger partial charge in [-0.05, 0) is 29.3 Å². The molecule has 0 aliphatic carbocycles. The van der Waals surface area contributed by atoms with Crippen LogP contribution in [-0.2, 0) is 27.1 Å². The minimum Gasteiger partial charge on any atom is -0.476 e. The van der Waals surface area contributed by atoms with Gasteiger partial charge in [-0.1, -0.05) is 60.7 Å². The zero-order valence-electron chi connectivity index (χ0n) is 18.8. The Bertz CT molecular complexity index is 1420. The maximum absolute atomic E-state index is 13.4. The maximum atomic E-state index is 13.4. The first-order chi connectivity index (χ1) is 17.0. The molecular weight excluding hydrogens is 464 g/mol. The highest BCUT2D eigenvalue weighted by molar-refractivity contribution is 7.92. The van der Waals surface area contributed by atoms with E-state index in [0.29, 0.717) is 17.0 Å². The van der Waals surface area contributed by atoms with Crippen molar-refractivity contribution in [3.8, 4) is 11.4 Å². The molecular formula is C26H24N4O4S. The van der Waals surface area contributed by atoms with Gasteiger partial charge in [-0.15, -0.1) is 0 Å². The third-order valence-corrected chi connectivity index (χ3v) is 7.50. The van der Waals surface area contributed by atoms with Crippen molar-refractivity contribution < 1.29 is 17.9 Å². The van der Waals surface area contributed by atoms with Crippen LogP contribution in [0.4, 0.5) is 5.69 Å². The summed E-state index contributed by atoms with van der Waals surface area (Å²) in [7, 11) is -3.76. The summed E-state index contributed by atoms with van der Waals surface area (Å²) in [6.07, 6.45) is 4.22.